The fraction of sp³-hybridized carbons (Fsp3) is 0.286. The highest BCUT2D eigenvalue weighted by Gasteiger charge is 2.31. The number of para-hydroxylation sites is 2. The first-order valence-electron chi connectivity index (χ1n) is 6.44. The Balaban J connectivity index is 1.82. The van der Waals surface area contributed by atoms with Crippen LogP contribution in [0.1, 0.15) is 12.8 Å². The first-order chi connectivity index (χ1) is 9.65. The molecule has 1 atom stereocenters. The first-order valence-corrected chi connectivity index (χ1v) is 6.44. The number of nitrogens with one attached hydrogen (secondary N) is 1. The zero-order valence-corrected chi connectivity index (χ0v) is 11.0. The van der Waals surface area contributed by atoms with Gasteiger partial charge in [-0.25, -0.2) is 4.98 Å². The number of carbonyl (C=O) groups is 2. The van der Waals surface area contributed by atoms with E-state index in [2.05, 4.69) is 15.3 Å². The van der Waals surface area contributed by atoms with Gasteiger partial charge in [0.2, 0.25) is 5.91 Å². The molecule has 1 aromatic carbocycles. The van der Waals surface area contributed by atoms with E-state index in [1.807, 2.05) is 24.3 Å². The van der Waals surface area contributed by atoms with Gasteiger partial charge in [0.25, 0.3) is 5.91 Å². The minimum absolute atomic E-state index is 0.141. The fourth-order valence-electron chi connectivity index (χ4n) is 2.25. The molecule has 0 aliphatic carbocycles. The normalized spacial score (nSPS) is 19.4. The van der Waals surface area contributed by atoms with Gasteiger partial charge in [-0.3, -0.25) is 19.5 Å². The molecule has 2 heterocycles. The minimum Gasteiger partial charge on any atom is -0.357 e. The number of hydrogen-bond acceptors (Lipinski definition) is 5. The van der Waals surface area contributed by atoms with E-state index in [9.17, 15) is 9.59 Å². The smallest absolute Gasteiger partial charge is 0.251 e. The SMILES string of the molecule is CN1C(=O)CCC(Nc2cnc3ccccc3n2)C1=O. The lowest BCUT2D eigenvalue weighted by atomic mass is 10.0. The maximum atomic E-state index is 12.0. The van der Waals surface area contributed by atoms with Crippen LogP contribution in [0.15, 0.2) is 30.5 Å². The van der Waals surface area contributed by atoms with Crippen molar-refractivity contribution in [2.75, 3.05) is 12.4 Å². The largest absolute Gasteiger partial charge is 0.357 e. The van der Waals surface area contributed by atoms with Crippen LogP contribution < -0.4 is 5.32 Å². The van der Waals surface area contributed by atoms with Crippen LogP contribution >= 0.6 is 0 Å². The van der Waals surface area contributed by atoms with E-state index in [0.29, 0.717) is 18.7 Å². The van der Waals surface area contributed by atoms with Crippen molar-refractivity contribution in [1.82, 2.24) is 14.9 Å². The van der Waals surface area contributed by atoms with Gasteiger partial charge in [-0.2, -0.15) is 0 Å². The zero-order valence-electron chi connectivity index (χ0n) is 11.0. The third-order valence-corrected chi connectivity index (χ3v) is 3.42. The summed E-state index contributed by atoms with van der Waals surface area (Å²) >= 11 is 0. The highest BCUT2D eigenvalue weighted by molar-refractivity contribution is 6.01. The third kappa shape index (κ3) is 2.20. The van der Waals surface area contributed by atoms with Gasteiger partial charge < -0.3 is 5.32 Å². The summed E-state index contributed by atoms with van der Waals surface area (Å²) in [5.74, 6) is 0.179. The van der Waals surface area contributed by atoms with E-state index in [1.54, 1.807) is 6.20 Å². The number of likely N-dealkylation sites (tertiary alicyclic amines) is 1. The van der Waals surface area contributed by atoms with Crippen LogP contribution in [0.3, 0.4) is 0 Å². The number of rotatable bonds is 2. The summed E-state index contributed by atoms with van der Waals surface area (Å²) in [5.41, 5.74) is 1.57. The summed E-state index contributed by atoms with van der Waals surface area (Å²) in [7, 11) is 1.50. The van der Waals surface area contributed by atoms with E-state index < -0.39 is 6.04 Å². The van der Waals surface area contributed by atoms with E-state index in [1.165, 1.54) is 7.05 Å². The lowest BCUT2D eigenvalue weighted by Crippen LogP contribution is -2.48. The Bertz CT molecular complexity index is 686. The molecule has 2 amide bonds. The van der Waals surface area contributed by atoms with Crippen molar-refractivity contribution in [2.45, 2.75) is 18.9 Å². The standard InChI is InChI=1S/C14H14N4O2/c1-18-13(19)7-6-11(14(18)20)17-12-8-15-9-4-2-3-5-10(9)16-12/h2-5,8,11H,6-7H2,1H3,(H,16,17). The Kier molecular flexibility index (Phi) is 3.06. The molecule has 1 aliphatic heterocycles. The van der Waals surface area contributed by atoms with Crippen LogP contribution in [0.4, 0.5) is 5.82 Å². The molecule has 6 heteroatoms. The quantitative estimate of drug-likeness (QED) is 0.830. The second-order valence-corrected chi connectivity index (χ2v) is 4.77. The van der Waals surface area contributed by atoms with Gasteiger partial charge in [0.1, 0.15) is 11.9 Å². The molecule has 0 radical (unpaired) electrons. The van der Waals surface area contributed by atoms with Gasteiger partial charge >= 0.3 is 0 Å². The average Bonchev–Trinajstić information content (AvgIpc) is 2.48. The molecule has 1 unspecified atom stereocenters. The molecule has 20 heavy (non-hydrogen) atoms. The van der Waals surface area contributed by atoms with E-state index >= 15 is 0 Å². The monoisotopic (exact) mass is 270 g/mol. The summed E-state index contributed by atoms with van der Waals surface area (Å²) in [6.45, 7) is 0. The summed E-state index contributed by atoms with van der Waals surface area (Å²) in [4.78, 5) is 33.3. The van der Waals surface area contributed by atoms with E-state index in [0.717, 1.165) is 15.9 Å². The van der Waals surface area contributed by atoms with Crippen molar-refractivity contribution in [2.24, 2.45) is 0 Å². The van der Waals surface area contributed by atoms with Gasteiger partial charge in [-0.05, 0) is 18.6 Å². The van der Waals surface area contributed by atoms with Crippen molar-refractivity contribution >= 4 is 28.7 Å². The lowest BCUT2D eigenvalue weighted by Gasteiger charge is -2.28. The minimum atomic E-state index is -0.423. The molecule has 1 N–H and O–H groups in total. The molecule has 0 bridgehead atoms. The van der Waals surface area contributed by atoms with Crippen molar-refractivity contribution in [3.8, 4) is 0 Å². The van der Waals surface area contributed by atoms with Gasteiger partial charge in [0, 0.05) is 13.5 Å². The number of nitrogens with zero attached hydrogens (tertiary/aromatic N) is 3. The summed E-state index contributed by atoms with van der Waals surface area (Å²) < 4.78 is 0. The summed E-state index contributed by atoms with van der Waals surface area (Å²) in [6.07, 6.45) is 2.45. The molecule has 0 spiro atoms. The molecule has 102 valence electrons. The number of likely N-dealkylation sites (N-methyl/N-ethyl adjacent to an activating group) is 1. The number of hydrogen-bond donors (Lipinski definition) is 1. The second-order valence-electron chi connectivity index (χ2n) is 4.77. The number of amides is 2. The van der Waals surface area contributed by atoms with Crippen LogP contribution in [-0.2, 0) is 9.59 Å². The average molecular weight is 270 g/mol. The zero-order chi connectivity index (χ0) is 14.1. The number of carbonyl (C=O) groups excluding carboxylic acids is 2. The van der Waals surface area contributed by atoms with Crippen molar-refractivity contribution < 1.29 is 9.59 Å². The predicted octanol–water partition coefficient (Wildman–Crippen LogP) is 1.19. The van der Waals surface area contributed by atoms with Crippen molar-refractivity contribution in [1.29, 1.82) is 0 Å². The van der Waals surface area contributed by atoms with E-state index in [4.69, 9.17) is 0 Å². The van der Waals surface area contributed by atoms with E-state index in [-0.39, 0.29) is 11.8 Å². The predicted molar refractivity (Wildman–Crippen MR) is 74.0 cm³/mol. The topological polar surface area (TPSA) is 75.2 Å². The number of aromatic nitrogens is 2. The molecular formula is C14H14N4O2. The molecule has 1 fully saturated rings. The lowest BCUT2D eigenvalue weighted by molar-refractivity contribution is -0.146. The molecule has 1 aromatic heterocycles. The van der Waals surface area contributed by atoms with Gasteiger partial charge in [0.15, 0.2) is 0 Å². The van der Waals surface area contributed by atoms with Gasteiger partial charge in [-0.1, -0.05) is 12.1 Å². The molecular weight excluding hydrogens is 256 g/mol. The highest BCUT2D eigenvalue weighted by atomic mass is 16.2. The van der Waals surface area contributed by atoms with Crippen LogP contribution in [-0.4, -0.2) is 39.8 Å². The Labute approximate surface area is 115 Å². The van der Waals surface area contributed by atoms with Crippen LogP contribution in [0.5, 0.6) is 0 Å². The van der Waals surface area contributed by atoms with Crippen LogP contribution in [0, 0.1) is 0 Å². The maximum Gasteiger partial charge on any atom is 0.251 e. The molecule has 0 saturated carbocycles. The first kappa shape index (κ1) is 12.5. The van der Waals surface area contributed by atoms with Gasteiger partial charge in [0.05, 0.1) is 17.2 Å². The number of fused-ring (bicyclic) bond motifs is 1. The molecule has 1 aliphatic rings. The number of anilines is 1. The Hall–Kier alpha value is -2.50. The Morgan fingerprint density at radius 2 is 2.00 bits per heavy atom. The number of piperidine rings is 1. The second kappa shape index (κ2) is 4.88. The van der Waals surface area contributed by atoms with Crippen molar-refractivity contribution in [3.05, 3.63) is 30.5 Å². The fourth-order valence-corrected chi connectivity index (χ4v) is 2.25. The van der Waals surface area contributed by atoms with Crippen LogP contribution in [0.25, 0.3) is 11.0 Å². The third-order valence-electron chi connectivity index (χ3n) is 3.42. The number of benzene rings is 1. The summed E-state index contributed by atoms with van der Waals surface area (Å²) in [5, 5.41) is 3.06. The molecule has 3 rings (SSSR count). The van der Waals surface area contributed by atoms with Crippen LogP contribution in [0.2, 0.25) is 0 Å². The molecule has 2 aromatic rings. The molecule has 1 saturated heterocycles. The number of imide groups is 1. The highest BCUT2D eigenvalue weighted by Crippen LogP contribution is 2.17. The van der Waals surface area contributed by atoms with Gasteiger partial charge in [-0.15, -0.1) is 0 Å². The Morgan fingerprint density at radius 1 is 1.25 bits per heavy atom. The van der Waals surface area contributed by atoms with Crippen molar-refractivity contribution in [3.63, 3.8) is 0 Å². The Morgan fingerprint density at radius 3 is 2.80 bits per heavy atom. The maximum absolute atomic E-state index is 12.0. The summed E-state index contributed by atoms with van der Waals surface area (Å²) in [6, 6.07) is 7.11. The molecule has 6 nitrogen and oxygen atoms in total.